The van der Waals surface area contributed by atoms with Crippen molar-refractivity contribution in [3.05, 3.63) is 39.4 Å². The molecule has 0 atom stereocenters. The van der Waals surface area contributed by atoms with Crippen LogP contribution in [0.25, 0.3) is 5.70 Å². The number of aliphatic imine (C=N–C) groups is 1. The third-order valence-corrected chi connectivity index (χ3v) is 5.58. The molecule has 0 radical (unpaired) electrons. The fraction of sp³-hybridized carbons (Fsp3) is 0.500. The first kappa shape index (κ1) is 26.9. The highest BCUT2D eigenvalue weighted by Gasteiger charge is 2.22. The predicted octanol–water partition coefficient (Wildman–Crippen LogP) is 0.815. The Balaban J connectivity index is 1.86. The molecule has 0 aromatic heterocycles. The van der Waals surface area contributed by atoms with Crippen molar-refractivity contribution >= 4 is 40.8 Å². The molecule has 1 saturated heterocycles. The van der Waals surface area contributed by atoms with E-state index in [0.29, 0.717) is 52.6 Å². The molecule has 10 nitrogen and oxygen atoms in total. The highest BCUT2D eigenvalue weighted by atomic mass is 35.5. The topological polar surface area (TPSA) is 142 Å². The van der Waals surface area contributed by atoms with E-state index in [9.17, 15) is 9.18 Å². The van der Waals surface area contributed by atoms with Gasteiger partial charge in [0.1, 0.15) is 12.4 Å². The van der Waals surface area contributed by atoms with Crippen LogP contribution in [0.1, 0.15) is 5.56 Å². The molecule has 1 fully saturated rings. The van der Waals surface area contributed by atoms with Gasteiger partial charge >= 0.3 is 0 Å². The minimum absolute atomic E-state index is 0.00255. The van der Waals surface area contributed by atoms with Gasteiger partial charge in [-0.1, -0.05) is 23.2 Å². The summed E-state index contributed by atoms with van der Waals surface area (Å²) in [5.41, 5.74) is 18.1. The Morgan fingerprint density at radius 2 is 1.64 bits per heavy atom. The van der Waals surface area contributed by atoms with Crippen molar-refractivity contribution in [1.82, 2.24) is 9.80 Å². The van der Waals surface area contributed by atoms with E-state index in [0.717, 1.165) is 12.1 Å². The van der Waals surface area contributed by atoms with Crippen LogP contribution in [0, 0.1) is 5.82 Å². The molecule has 6 N–H and O–H groups in total. The van der Waals surface area contributed by atoms with Gasteiger partial charge in [0.2, 0.25) is 5.91 Å². The second-order valence-electron chi connectivity index (χ2n) is 7.04. The second-order valence-corrected chi connectivity index (χ2v) is 7.83. The minimum Gasteiger partial charge on any atom is -0.395 e. The van der Waals surface area contributed by atoms with Crippen molar-refractivity contribution in [2.24, 2.45) is 22.2 Å². The van der Waals surface area contributed by atoms with Crippen molar-refractivity contribution in [1.29, 1.82) is 0 Å². The van der Waals surface area contributed by atoms with Crippen molar-refractivity contribution in [3.8, 4) is 0 Å². The number of hydrogen-bond acceptors (Lipinski definition) is 7. The van der Waals surface area contributed by atoms with Gasteiger partial charge in [0.05, 0.1) is 42.2 Å². The molecular weight excluding hydrogens is 478 g/mol. The number of benzene rings is 1. The number of ether oxygens (including phenoxy) is 3. The molecule has 33 heavy (non-hydrogen) atoms. The zero-order valence-corrected chi connectivity index (χ0v) is 19.9. The number of amides is 1. The summed E-state index contributed by atoms with van der Waals surface area (Å²) in [5, 5.41) is 0.0610. The van der Waals surface area contributed by atoms with Gasteiger partial charge in [-0.15, -0.1) is 0 Å². The SMILES string of the molecule is COCCOCCOCC(=O)N1CCN(/C(N)=N/C(N)=C(\N)c2cc(F)cc(Cl)c2Cl)CC1. The summed E-state index contributed by atoms with van der Waals surface area (Å²) >= 11 is 12.0. The van der Waals surface area contributed by atoms with Gasteiger partial charge in [-0.05, 0) is 12.1 Å². The monoisotopic (exact) mass is 506 g/mol. The molecular formula is C20H29Cl2FN6O4. The van der Waals surface area contributed by atoms with E-state index < -0.39 is 5.82 Å². The predicted molar refractivity (Wildman–Crippen MR) is 125 cm³/mol. The minimum atomic E-state index is -0.615. The number of rotatable bonds is 10. The van der Waals surface area contributed by atoms with E-state index in [4.69, 9.17) is 54.6 Å². The summed E-state index contributed by atoms with van der Waals surface area (Å²) in [6.07, 6.45) is 0. The smallest absolute Gasteiger partial charge is 0.248 e. The van der Waals surface area contributed by atoms with Gasteiger partial charge in [-0.25, -0.2) is 4.39 Å². The standard InChI is InChI=1S/C20H29Cl2FN6O4/c1-31-6-7-32-8-9-33-12-16(30)28-2-4-29(5-3-28)20(26)27-19(25)18(24)14-10-13(23)11-15(21)17(14)22/h10-11H,2-9,12,24-25H2,1H3,(H2,26,27)/b19-18-. The van der Waals surface area contributed by atoms with Gasteiger partial charge in [0, 0.05) is 38.9 Å². The maximum absolute atomic E-state index is 13.7. The Morgan fingerprint density at radius 3 is 2.30 bits per heavy atom. The molecule has 1 aliphatic heterocycles. The lowest BCUT2D eigenvalue weighted by Gasteiger charge is -2.35. The van der Waals surface area contributed by atoms with Crippen LogP contribution in [0.5, 0.6) is 0 Å². The third kappa shape index (κ3) is 8.20. The average Bonchev–Trinajstić information content (AvgIpc) is 2.80. The third-order valence-electron chi connectivity index (χ3n) is 4.78. The van der Waals surface area contributed by atoms with Crippen LogP contribution in [0.15, 0.2) is 22.9 Å². The molecule has 1 aromatic carbocycles. The quantitative estimate of drug-likeness (QED) is 0.183. The number of nitrogens with zero attached hydrogens (tertiary/aromatic N) is 3. The molecule has 13 heteroatoms. The van der Waals surface area contributed by atoms with Crippen LogP contribution >= 0.6 is 23.2 Å². The van der Waals surface area contributed by atoms with Crippen LogP contribution in [-0.2, 0) is 19.0 Å². The summed E-state index contributed by atoms with van der Waals surface area (Å²) < 4.78 is 29.2. The van der Waals surface area contributed by atoms with E-state index >= 15 is 0 Å². The first-order valence-corrected chi connectivity index (χ1v) is 10.9. The maximum Gasteiger partial charge on any atom is 0.248 e. The first-order valence-electron chi connectivity index (χ1n) is 10.2. The van der Waals surface area contributed by atoms with Crippen molar-refractivity contribution in [2.45, 2.75) is 0 Å². The lowest BCUT2D eigenvalue weighted by Crippen LogP contribution is -2.53. The zero-order chi connectivity index (χ0) is 24.4. The molecule has 0 spiro atoms. The number of halogens is 3. The highest BCUT2D eigenvalue weighted by molar-refractivity contribution is 6.43. The molecule has 0 bridgehead atoms. The van der Waals surface area contributed by atoms with E-state index in [-0.39, 0.29) is 45.6 Å². The number of hydrogen-bond donors (Lipinski definition) is 3. The van der Waals surface area contributed by atoms with Crippen LogP contribution in [0.4, 0.5) is 4.39 Å². The second kappa shape index (κ2) is 13.4. The lowest BCUT2D eigenvalue weighted by atomic mass is 10.1. The Bertz CT molecular complexity index is 878. The summed E-state index contributed by atoms with van der Waals surface area (Å²) in [4.78, 5) is 19.8. The van der Waals surface area contributed by atoms with E-state index in [2.05, 4.69) is 4.99 Å². The maximum atomic E-state index is 13.7. The molecule has 0 saturated carbocycles. The van der Waals surface area contributed by atoms with Crippen LogP contribution in [0.2, 0.25) is 10.0 Å². The number of carbonyl (C=O) groups excluding carboxylic acids is 1. The van der Waals surface area contributed by atoms with Crippen molar-refractivity contribution < 1.29 is 23.4 Å². The number of methoxy groups -OCH3 is 1. The fourth-order valence-corrected chi connectivity index (χ4v) is 3.36. The molecule has 1 aliphatic rings. The molecule has 0 unspecified atom stereocenters. The fourth-order valence-electron chi connectivity index (χ4n) is 2.94. The van der Waals surface area contributed by atoms with E-state index in [1.54, 1.807) is 16.9 Å². The summed E-state index contributed by atoms with van der Waals surface area (Å²) in [6, 6.07) is 2.18. The van der Waals surface area contributed by atoms with Crippen LogP contribution < -0.4 is 17.2 Å². The van der Waals surface area contributed by atoms with Gasteiger partial charge in [0.25, 0.3) is 0 Å². The first-order chi connectivity index (χ1) is 15.7. The number of nitrogens with two attached hydrogens (primary N) is 3. The lowest BCUT2D eigenvalue weighted by molar-refractivity contribution is -0.138. The molecule has 184 valence electrons. The highest BCUT2D eigenvalue weighted by Crippen LogP contribution is 2.30. The van der Waals surface area contributed by atoms with Crippen molar-refractivity contribution in [3.63, 3.8) is 0 Å². The molecule has 0 aliphatic carbocycles. The Morgan fingerprint density at radius 1 is 1.03 bits per heavy atom. The largest absolute Gasteiger partial charge is 0.395 e. The summed E-state index contributed by atoms with van der Waals surface area (Å²) in [7, 11) is 1.60. The Kier molecular flexibility index (Phi) is 10.9. The van der Waals surface area contributed by atoms with Gasteiger partial charge < -0.3 is 41.2 Å². The summed E-state index contributed by atoms with van der Waals surface area (Å²) in [5.74, 6) is -0.750. The number of guanidine groups is 1. The average molecular weight is 507 g/mol. The van der Waals surface area contributed by atoms with Gasteiger partial charge in [-0.2, -0.15) is 4.99 Å². The van der Waals surface area contributed by atoms with Gasteiger partial charge in [-0.3, -0.25) is 4.79 Å². The zero-order valence-electron chi connectivity index (χ0n) is 18.4. The number of piperazine rings is 1. The van der Waals surface area contributed by atoms with Crippen molar-refractivity contribution in [2.75, 3.05) is 66.3 Å². The summed E-state index contributed by atoms with van der Waals surface area (Å²) in [6.45, 7) is 3.44. The molecule has 1 amide bonds. The number of carbonyl (C=O) groups is 1. The molecule has 2 rings (SSSR count). The molecule has 1 aromatic rings. The van der Waals surface area contributed by atoms with Crippen LogP contribution in [-0.4, -0.2) is 88.0 Å². The van der Waals surface area contributed by atoms with E-state index in [1.165, 1.54) is 0 Å². The Labute approximate surface area is 202 Å². The normalized spacial score (nSPS) is 15.6. The molecule has 1 heterocycles. The van der Waals surface area contributed by atoms with E-state index in [1.807, 2.05) is 0 Å². The van der Waals surface area contributed by atoms with Gasteiger partial charge in [0.15, 0.2) is 11.8 Å². The van der Waals surface area contributed by atoms with Crippen LogP contribution in [0.3, 0.4) is 0 Å². The Hall–Kier alpha value is -2.31.